The van der Waals surface area contributed by atoms with Gasteiger partial charge in [-0.3, -0.25) is 0 Å². The van der Waals surface area contributed by atoms with Crippen molar-refractivity contribution in [3.8, 4) is 0 Å². The molecule has 1 atom stereocenters. The van der Waals surface area contributed by atoms with Crippen molar-refractivity contribution in [2.24, 2.45) is 5.73 Å². The number of nitrogens with two attached hydrogens (primary N) is 1. The topological polar surface area (TPSA) is 46.2 Å². The minimum absolute atomic E-state index is 0.109. The van der Waals surface area contributed by atoms with E-state index in [9.17, 15) is 4.39 Å². The molecule has 0 aliphatic heterocycles. The fourth-order valence-electron chi connectivity index (χ4n) is 1.40. The van der Waals surface area contributed by atoms with Crippen molar-refractivity contribution >= 4 is 0 Å². The van der Waals surface area contributed by atoms with Crippen LogP contribution in [0.5, 0.6) is 0 Å². The Labute approximate surface area is 83.6 Å². The molecule has 0 aliphatic rings. The van der Waals surface area contributed by atoms with Gasteiger partial charge in [-0.2, -0.15) is 0 Å². The summed E-state index contributed by atoms with van der Waals surface area (Å²) in [5.74, 6) is -0.378. The molecular weight excluding hydrogens is 181 g/mol. The minimum Gasteiger partial charge on any atom is -0.392 e. The van der Waals surface area contributed by atoms with Crippen molar-refractivity contribution < 1.29 is 9.50 Å². The molecule has 0 heterocycles. The van der Waals surface area contributed by atoms with Crippen molar-refractivity contribution in [1.82, 2.24) is 0 Å². The first kappa shape index (κ1) is 11.1. The lowest BCUT2D eigenvalue weighted by atomic mass is 10.0. The zero-order valence-corrected chi connectivity index (χ0v) is 8.33. The van der Waals surface area contributed by atoms with Gasteiger partial charge in [-0.25, -0.2) is 4.39 Å². The minimum atomic E-state index is -0.378. The summed E-state index contributed by atoms with van der Waals surface area (Å²) in [6.07, 6.45) is 1.82. The first-order valence-corrected chi connectivity index (χ1v) is 4.83. The highest BCUT2D eigenvalue weighted by Crippen LogP contribution is 2.18. The molecule has 0 fully saturated rings. The highest BCUT2D eigenvalue weighted by Gasteiger charge is 2.08. The van der Waals surface area contributed by atoms with Crippen LogP contribution in [-0.4, -0.2) is 5.11 Å². The van der Waals surface area contributed by atoms with Crippen LogP contribution in [0, 0.1) is 5.82 Å². The van der Waals surface area contributed by atoms with Gasteiger partial charge >= 0.3 is 0 Å². The molecule has 0 saturated heterocycles. The zero-order valence-electron chi connectivity index (χ0n) is 8.33. The molecule has 0 radical (unpaired) electrons. The third kappa shape index (κ3) is 2.53. The molecule has 0 bridgehead atoms. The number of hydrogen-bond donors (Lipinski definition) is 2. The lowest BCUT2D eigenvalue weighted by Crippen LogP contribution is -2.10. The van der Waals surface area contributed by atoms with E-state index in [1.54, 1.807) is 12.1 Å². The molecule has 3 N–H and O–H groups in total. The second kappa shape index (κ2) is 5.08. The molecule has 0 saturated carbocycles. The molecule has 0 aromatic heterocycles. The van der Waals surface area contributed by atoms with Gasteiger partial charge in [0.2, 0.25) is 0 Å². The van der Waals surface area contributed by atoms with E-state index in [0.717, 1.165) is 18.4 Å². The smallest absolute Gasteiger partial charge is 0.129 e. The van der Waals surface area contributed by atoms with E-state index in [1.165, 1.54) is 6.07 Å². The van der Waals surface area contributed by atoms with Gasteiger partial charge in [-0.1, -0.05) is 25.5 Å². The molecule has 0 spiro atoms. The summed E-state index contributed by atoms with van der Waals surface area (Å²) in [7, 11) is 0. The van der Waals surface area contributed by atoms with E-state index in [1.807, 2.05) is 6.92 Å². The van der Waals surface area contributed by atoms with Crippen molar-refractivity contribution in [2.45, 2.75) is 32.4 Å². The van der Waals surface area contributed by atoms with Gasteiger partial charge in [-0.15, -0.1) is 0 Å². The Balaban J connectivity index is 2.85. The Morgan fingerprint density at radius 3 is 2.71 bits per heavy atom. The number of halogens is 1. The first-order chi connectivity index (χ1) is 6.69. The van der Waals surface area contributed by atoms with Crippen molar-refractivity contribution in [3.63, 3.8) is 0 Å². The summed E-state index contributed by atoms with van der Waals surface area (Å²) in [6.45, 7) is 1.77. The summed E-state index contributed by atoms with van der Waals surface area (Å²) >= 11 is 0. The third-order valence-electron chi connectivity index (χ3n) is 2.28. The molecule has 1 aromatic carbocycles. The van der Waals surface area contributed by atoms with Gasteiger partial charge in [0.25, 0.3) is 0 Å². The largest absolute Gasteiger partial charge is 0.392 e. The molecule has 0 aliphatic carbocycles. The van der Waals surface area contributed by atoms with E-state index >= 15 is 0 Å². The first-order valence-electron chi connectivity index (χ1n) is 4.83. The molecule has 78 valence electrons. The third-order valence-corrected chi connectivity index (χ3v) is 2.28. The zero-order chi connectivity index (χ0) is 10.6. The van der Waals surface area contributed by atoms with Gasteiger partial charge in [0.1, 0.15) is 5.82 Å². The van der Waals surface area contributed by atoms with Gasteiger partial charge in [0, 0.05) is 11.6 Å². The van der Waals surface area contributed by atoms with E-state index in [2.05, 4.69) is 0 Å². The highest BCUT2D eigenvalue weighted by atomic mass is 19.1. The normalized spacial score (nSPS) is 12.9. The molecule has 14 heavy (non-hydrogen) atoms. The Morgan fingerprint density at radius 2 is 2.21 bits per heavy atom. The second-order valence-electron chi connectivity index (χ2n) is 3.40. The summed E-state index contributed by atoms with van der Waals surface area (Å²) in [5, 5.41) is 8.78. The average molecular weight is 197 g/mol. The van der Waals surface area contributed by atoms with Crippen molar-refractivity contribution in [1.29, 1.82) is 0 Å². The highest BCUT2D eigenvalue weighted by molar-refractivity contribution is 5.26. The Bertz CT molecular complexity index is 301. The standard InChI is InChI=1S/C11H16FNO/c1-2-3-11(13)8-4-5-9(7-14)10(12)6-8/h4-6,11,14H,2-3,7,13H2,1H3. The van der Waals surface area contributed by atoms with Crippen LogP contribution in [0.2, 0.25) is 0 Å². The maximum atomic E-state index is 13.2. The molecule has 0 amide bonds. The average Bonchev–Trinajstić information content (AvgIpc) is 2.18. The van der Waals surface area contributed by atoms with E-state index in [4.69, 9.17) is 10.8 Å². The van der Waals surface area contributed by atoms with E-state index < -0.39 is 0 Å². The van der Waals surface area contributed by atoms with Crippen LogP contribution in [0.3, 0.4) is 0 Å². The maximum absolute atomic E-state index is 13.2. The number of aliphatic hydroxyl groups is 1. The van der Waals surface area contributed by atoms with Crippen LogP contribution in [0.15, 0.2) is 18.2 Å². The Kier molecular flexibility index (Phi) is 4.04. The van der Waals surface area contributed by atoms with E-state index in [0.29, 0.717) is 5.56 Å². The summed E-state index contributed by atoms with van der Waals surface area (Å²) < 4.78 is 13.2. The second-order valence-corrected chi connectivity index (χ2v) is 3.40. The molecule has 1 rings (SSSR count). The Hall–Kier alpha value is -0.930. The number of benzene rings is 1. The van der Waals surface area contributed by atoms with E-state index in [-0.39, 0.29) is 18.5 Å². The fourth-order valence-corrected chi connectivity index (χ4v) is 1.40. The Morgan fingerprint density at radius 1 is 1.50 bits per heavy atom. The van der Waals surface area contributed by atoms with Crippen LogP contribution in [0.1, 0.15) is 36.9 Å². The summed E-state index contributed by atoms with van der Waals surface area (Å²) in [5.41, 5.74) is 6.95. The summed E-state index contributed by atoms with van der Waals surface area (Å²) in [4.78, 5) is 0. The number of rotatable bonds is 4. The predicted octanol–water partition coefficient (Wildman–Crippen LogP) is 2.12. The van der Waals surface area contributed by atoms with Gasteiger partial charge < -0.3 is 10.8 Å². The quantitative estimate of drug-likeness (QED) is 0.776. The number of aliphatic hydroxyl groups excluding tert-OH is 1. The molecule has 1 unspecified atom stereocenters. The number of hydrogen-bond acceptors (Lipinski definition) is 2. The maximum Gasteiger partial charge on any atom is 0.129 e. The monoisotopic (exact) mass is 197 g/mol. The van der Waals surface area contributed by atoms with Crippen LogP contribution < -0.4 is 5.73 Å². The lowest BCUT2D eigenvalue weighted by Gasteiger charge is -2.11. The molecule has 2 nitrogen and oxygen atoms in total. The van der Waals surface area contributed by atoms with Crippen LogP contribution in [0.25, 0.3) is 0 Å². The van der Waals surface area contributed by atoms with Crippen molar-refractivity contribution in [2.75, 3.05) is 0 Å². The SMILES string of the molecule is CCCC(N)c1ccc(CO)c(F)c1. The molecule has 1 aromatic rings. The van der Waals surface area contributed by atoms with Crippen LogP contribution in [0.4, 0.5) is 4.39 Å². The van der Waals surface area contributed by atoms with Gasteiger partial charge in [0.05, 0.1) is 6.61 Å². The van der Waals surface area contributed by atoms with Crippen molar-refractivity contribution in [3.05, 3.63) is 35.1 Å². The predicted molar refractivity (Wildman–Crippen MR) is 54.2 cm³/mol. The van der Waals surface area contributed by atoms with Crippen LogP contribution >= 0.6 is 0 Å². The fraction of sp³-hybridized carbons (Fsp3) is 0.455. The molecular formula is C11H16FNO. The molecule has 3 heteroatoms. The van der Waals surface area contributed by atoms with Gasteiger partial charge in [-0.05, 0) is 18.1 Å². The van der Waals surface area contributed by atoms with Gasteiger partial charge in [0.15, 0.2) is 0 Å². The van der Waals surface area contributed by atoms with Crippen LogP contribution in [-0.2, 0) is 6.61 Å². The lowest BCUT2D eigenvalue weighted by molar-refractivity contribution is 0.275. The summed E-state index contributed by atoms with van der Waals surface area (Å²) in [6, 6.07) is 4.66.